The van der Waals surface area contributed by atoms with E-state index >= 15 is 0 Å². The molecule has 0 spiro atoms. The lowest BCUT2D eigenvalue weighted by molar-refractivity contribution is -0.116. The molecule has 4 rings (SSSR count). The molecule has 150 valence electrons. The van der Waals surface area contributed by atoms with Crippen molar-refractivity contribution in [3.8, 4) is 5.69 Å². The van der Waals surface area contributed by atoms with Gasteiger partial charge in [-0.3, -0.25) is 9.00 Å². The first kappa shape index (κ1) is 19.4. The summed E-state index contributed by atoms with van der Waals surface area (Å²) in [5, 5.41) is 7.85. The number of carbonyl (C=O) groups excluding carboxylic acids is 1. The Kier molecular flexibility index (Phi) is 5.67. The van der Waals surface area contributed by atoms with Gasteiger partial charge >= 0.3 is 0 Å². The summed E-state index contributed by atoms with van der Waals surface area (Å²) in [4.78, 5) is 12.7. The van der Waals surface area contributed by atoms with Gasteiger partial charge in [-0.05, 0) is 43.4 Å². The molecule has 28 heavy (non-hydrogen) atoms. The van der Waals surface area contributed by atoms with Gasteiger partial charge < -0.3 is 5.32 Å². The average molecular weight is 400 g/mol. The third-order valence-electron chi connectivity index (χ3n) is 6.24. The molecule has 1 aromatic heterocycles. The summed E-state index contributed by atoms with van der Waals surface area (Å²) in [6, 6.07) is 6.12. The SMILES string of the molecule is Cc1cccc(-n2nc3c(c2NC(=O)CCC2CCCCC2)C[S@@](=O)C3)c1C. The maximum atomic E-state index is 12.7. The van der Waals surface area contributed by atoms with Crippen LogP contribution in [0.3, 0.4) is 0 Å². The molecule has 0 radical (unpaired) electrons. The minimum atomic E-state index is -0.922. The van der Waals surface area contributed by atoms with Crippen molar-refractivity contribution in [2.45, 2.75) is 70.3 Å². The summed E-state index contributed by atoms with van der Waals surface area (Å²) >= 11 is 0. The van der Waals surface area contributed by atoms with Gasteiger partial charge in [-0.2, -0.15) is 5.10 Å². The zero-order valence-corrected chi connectivity index (χ0v) is 17.6. The van der Waals surface area contributed by atoms with Crippen molar-refractivity contribution < 1.29 is 9.00 Å². The van der Waals surface area contributed by atoms with E-state index in [1.54, 1.807) is 0 Å². The number of carbonyl (C=O) groups is 1. The number of amides is 1. The van der Waals surface area contributed by atoms with E-state index in [4.69, 9.17) is 5.10 Å². The molecule has 1 aromatic carbocycles. The predicted molar refractivity (Wildman–Crippen MR) is 113 cm³/mol. The van der Waals surface area contributed by atoms with Crippen molar-refractivity contribution in [1.82, 2.24) is 9.78 Å². The van der Waals surface area contributed by atoms with Crippen LogP contribution in [0, 0.1) is 19.8 Å². The highest BCUT2D eigenvalue weighted by Gasteiger charge is 2.29. The van der Waals surface area contributed by atoms with E-state index in [1.165, 1.54) is 37.7 Å². The molecule has 2 heterocycles. The minimum Gasteiger partial charge on any atom is -0.310 e. The Morgan fingerprint density at radius 3 is 2.79 bits per heavy atom. The topological polar surface area (TPSA) is 64.0 Å². The van der Waals surface area contributed by atoms with Gasteiger partial charge in [0.2, 0.25) is 5.91 Å². The van der Waals surface area contributed by atoms with Crippen molar-refractivity contribution in [2.24, 2.45) is 5.92 Å². The summed E-state index contributed by atoms with van der Waals surface area (Å²) in [7, 11) is -0.922. The largest absolute Gasteiger partial charge is 0.310 e. The van der Waals surface area contributed by atoms with E-state index in [-0.39, 0.29) is 5.91 Å². The molecule has 2 aliphatic rings. The Hall–Kier alpha value is -1.95. The quantitative estimate of drug-likeness (QED) is 0.802. The molecule has 0 saturated heterocycles. The zero-order valence-electron chi connectivity index (χ0n) is 16.8. The average Bonchev–Trinajstić information content (AvgIpc) is 3.20. The molecule has 1 saturated carbocycles. The third-order valence-corrected chi connectivity index (χ3v) is 7.44. The van der Waals surface area contributed by atoms with Crippen LogP contribution in [0.4, 0.5) is 5.82 Å². The Morgan fingerprint density at radius 1 is 1.21 bits per heavy atom. The highest BCUT2D eigenvalue weighted by atomic mass is 32.2. The number of hydrogen-bond donors (Lipinski definition) is 1. The fraction of sp³-hybridized carbons (Fsp3) is 0.545. The van der Waals surface area contributed by atoms with Gasteiger partial charge in [0.1, 0.15) is 5.82 Å². The van der Waals surface area contributed by atoms with Crippen LogP contribution >= 0.6 is 0 Å². The maximum absolute atomic E-state index is 12.7. The number of aryl methyl sites for hydroxylation is 1. The normalized spacial score (nSPS) is 19.6. The molecular weight excluding hydrogens is 370 g/mol. The van der Waals surface area contributed by atoms with E-state index in [1.807, 2.05) is 16.8 Å². The molecule has 1 fully saturated rings. The smallest absolute Gasteiger partial charge is 0.225 e. The van der Waals surface area contributed by atoms with Gasteiger partial charge in [-0.15, -0.1) is 0 Å². The van der Waals surface area contributed by atoms with Crippen molar-refractivity contribution >= 4 is 22.5 Å². The molecular formula is C22H29N3O2S. The first-order valence-electron chi connectivity index (χ1n) is 10.3. The number of rotatable bonds is 5. The predicted octanol–water partition coefficient (Wildman–Crippen LogP) is 4.55. The van der Waals surface area contributed by atoms with Crippen LogP contribution in [0.2, 0.25) is 0 Å². The van der Waals surface area contributed by atoms with Crippen LogP contribution in [-0.4, -0.2) is 19.9 Å². The third kappa shape index (κ3) is 3.93. The second-order valence-electron chi connectivity index (χ2n) is 8.22. The molecule has 5 nitrogen and oxygen atoms in total. The minimum absolute atomic E-state index is 0.0394. The summed E-state index contributed by atoms with van der Waals surface area (Å²) in [5.74, 6) is 2.37. The van der Waals surface area contributed by atoms with Gasteiger partial charge in [0.25, 0.3) is 0 Å². The molecule has 2 aromatic rings. The van der Waals surface area contributed by atoms with Gasteiger partial charge in [-0.25, -0.2) is 4.68 Å². The molecule has 0 unspecified atom stereocenters. The number of aromatic nitrogens is 2. The molecule has 1 amide bonds. The van der Waals surface area contributed by atoms with Crippen LogP contribution in [0.15, 0.2) is 18.2 Å². The Bertz CT molecular complexity index is 913. The van der Waals surface area contributed by atoms with E-state index in [2.05, 4.69) is 25.2 Å². The first-order valence-corrected chi connectivity index (χ1v) is 11.8. The second-order valence-corrected chi connectivity index (χ2v) is 9.68. The van der Waals surface area contributed by atoms with Crippen LogP contribution in [0.5, 0.6) is 0 Å². The Labute approximate surface area is 169 Å². The van der Waals surface area contributed by atoms with Gasteiger partial charge in [-0.1, -0.05) is 44.2 Å². The first-order chi connectivity index (χ1) is 13.5. The number of nitrogens with one attached hydrogen (secondary N) is 1. The monoisotopic (exact) mass is 399 g/mol. The van der Waals surface area contributed by atoms with Gasteiger partial charge in [0.15, 0.2) is 0 Å². The number of anilines is 1. The van der Waals surface area contributed by atoms with E-state index in [9.17, 15) is 9.00 Å². The summed E-state index contributed by atoms with van der Waals surface area (Å²) in [6.45, 7) is 4.15. The lowest BCUT2D eigenvalue weighted by Crippen LogP contribution is -2.18. The van der Waals surface area contributed by atoms with Crippen molar-refractivity contribution in [1.29, 1.82) is 0 Å². The Morgan fingerprint density at radius 2 is 2.00 bits per heavy atom. The van der Waals surface area contributed by atoms with E-state index in [0.717, 1.165) is 28.9 Å². The van der Waals surface area contributed by atoms with Gasteiger partial charge in [0.05, 0.1) is 22.9 Å². The zero-order chi connectivity index (χ0) is 19.7. The highest BCUT2D eigenvalue weighted by Crippen LogP contribution is 2.33. The van der Waals surface area contributed by atoms with Crippen molar-refractivity contribution in [3.63, 3.8) is 0 Å². The second kappa shape index (κ2) is 8.19. The fourth-order valence-corrected chi connectivity index (χ4v) is 5.67. The van der Waals surface area contributed by atoms with E-state index < -0.39 is 10.8 Å². The van der Waals surface area contributed by atoms with Crippen LogP contribution in [0.25, 0.3) is 5.69 Å². The molecule has 1 N–H and O–H groups in total. The molecule has 1 atom stereocenters. The number of fused-ring (bicyclic) bond motifs is 1. The summed E-state index contributed by atoms with van der Waals surface area (Å²) in [5.41, 5.74) is 5.09. The maximum Gasteiger partial charge on any atom is 0.225 e. The van der Waals surface area contributed by atoms with Crippen LogP contribution < -0.4 is 5.32 Å². The summed E-state index contributed by atoms with van der Waals surface area (Å²) in [6.07, 6.45) is 7.93. The van der Waals surface area contributed by atoms with Gasteiger partial charge in [0, 0.05) is 22.8 Å². The highest BCUT2D eigenvalue weighted by molar-refractivity contribution is 7.83. The van der Waals surface area contributed by atoms with Crippen molar-refractivity contribution in [2.75, 3.05) is 5.32 Å². The van der Waals surface area contributed by atoms with E-state index in [0.29, 0.717) is 29.7 Å². The van der Waals surface area contributed by atoms with Crippen LogP contribution in [-0.2, 0) is 27.1 Å². The standard InChI is InChI=1S/C22H29N3O2S/c1-15-7-6-10-20(16(15)2)25-22(18-13-28(27)14-19(18)24-25)23-21(26)12-11-17-8-4-3-5-9-17/h6-7,10,17H,3-5,8-9,11-14H2,1-2H3,(H,23,26)/t28-/m1/s1. The number of hydrogen-bond acceptors (Lipinski definition) is 3. The van der Waals surface area contributed by atoms with Crippen molar-refractivity contribution in [3.05, 3.63) is 40.6 Å². The molecule has 6 heteroatoms. The lowest BCUT2D eigenvalue weighted by Gasteiger charge is -2.21. The summed E-state index contributed by atoms with van der Waals surface area (Å²) < 4.78 is 13.9. The Balaban J connectivity index is 1.57. The van der Waals surface area contributed by atoms with Crippen LogP contribution in [0.1, 0.15) is 67.3 Å². The number of benzene rings is 1. The molecule has 1 aliphatic carbocycles. The molecule has 1 aliphatic heterocycles. The number of nitrogens with zero attached hydrogens (tertiary/aromatic N) is 2. The molecule has 0 bridgehead atoms. The lowest BCUT2D eigenvalue weighted by atomic mass is 9.86. The fourth-order valence-electron chi connectivity index (χ4n) is 4.40.